The number of amides is 2. The second kappa shape index (κ2) is 12.3. The van der Waals surface area contributed by atoms with Crippen LogP contribution in [0, 0.1) is 0 Å². The van der Waals surface area contributed by atoms with Gasteiger partial charge in [0.05, 0.1) is 12.0 Å². The number of carbonyl (C=O) groups is 3. The van der Waals surface area contributed by atoms with Gasteiger partial charge in [-0.3, -0.25) is 9.59 Å². The minimum Gasteiger partial charge on any atom is -0.478 e. The van der Waals surface area contributed by atoms with E-state index < -0.39 is 11.2 Å². The molecular formula is C29H23ClN2O4S. The summed E-state index contributed by atoms with van der Waals surface area (Å²) < 4.78 is 0. The lowest BCUT2D eigenvalue weighted by atomic mass is 10.1. The first kappa shape index (κ1) is 26.0. The average molecular weight is 531 g/mol. The highest BCUT2D eigenvalue weighted by Crippen LogP contribution is 2.36. The highest BCUT2D eigenvalue weighted by atomic mass is 35.5. The fourth-order valence-corrected chi connectivity index (χ4v) is 4.73. The molecular weight excluding hydrogens is 508 g/mol. The summed E-state index contributed by atoms with van der Waals surface area (Å²) in [6.45, 7) is 0. The van der Waals surface area contributed by atoms with Gasteiger partial charge in [-0.25, -0.2) is 4.79 Å². The van der Waals surface area contributed by atoms with E-state index in [0.29, 0.717) is 16.4 Å². The third kappa shape index (κ3) is 7.46. The lowest BCUT2D eigenvalue weighted by Gasteiger charge is -2.17. The zero-order chi connectivity index (χ0) is 26.2. The van der Waals surface area contributed by atoms with Crippen molar-refractivity contribution in [2.24, 2.45) is 0 Å². The van der Waals surface area contributed by atoms with Crippen LogP contribution in [0.3, 0.4) is 0 Å². The molecule has 37 heavy (non-hydrogen) atoms. The number of carboxylic acid groups (broad SMARTS) is 1. The Bertz CT molecular complexity index is 1390. The molecule has 186 valence electrons. The normalized spacial score (nSPS) is 11.4. The van der Waals surface area contributed by atoms with Crippen LogP contribution in [0.5, 0.6) is 0 Å². The first-order chi connectivity index (χ1) is 17.9. The van der Waals surface area contributed by atoms with Crippen molar-refractivity contribution in [1.29, 1.82) is 0 Å². The Hall–Kier alpha value is -4.07. The lowest BCUT2D eigenvalue weighted by Crippen LogP contribution is -2.19. The summed E-state index contributed by atoms with van der Waals surface area (Å²) in [5.74, 6) is -1.49. The molecule has 4 aromatic carbocycles. The summed E-state index contributed by atoms with van der Waals surface area (Å²) in [6.07, 6.45) is 0.229. The molecule has 0 aliphatic rings. The van der Waals surface area contributed by atoms with E-state index in [1.165, 1.54) is 23.9 Å². The third-order valence-electron chi connectivity index (χ3n) is 5.39. The van der Waals surface area contributed by atoms with Crippen molar-refractivity contribution in [2.75, 3.05) is 10.6 Å². The van der Waals surface area contributed by atoms with Gasteiger partial charge in [-0.15, -0.1) is 11.8 Å². The molecule has 0 spiro atoms. The van der Waals surface area contributed by atoms with Crippen LogP contribution in [0.2, 0.25) is 5.02 Å². The van der Waals surface area contributed by atoms with E-state index >= 15 is 0 Å². The number of thioether (sulfide) groups is 1. The van der Waals surface area contributed by atoms with Crippen LogP contribution in [-0.4, -0.2) is 22.9 Å². The number of nitrogens with one attached hydrogen (secondary N) is 2. The molecule has 0 radical (unpaired) electrons. The second-order valence-corrected chi connectivity index (χ2v) is 9.77. The molecule has 0 bridgehead atoms. The van der Waals surface area contributed by atoms with Crippen LogP contribution in [0.1, 0.15) is 26.7 Å². The van der Waals surface area contributed by atoms with E-state index in [2.05, 4.69) is 10.6 Å². The van der Waals surface area contributed by atoms with E-state index in [-0.39, 0.29) is 23.8 Å². The predicted molar refractivity (Wildman–Crippen MR) is 147 cm³/mol. The van der Waals surface area contributed by atoms with Crippen LogP contribution >= 0.6 is 23.4 Å². The van der Waals surface area contributed by atoms with Crippen molar-refractivity contribution in [1.82, 2.24) is 0 Å². The van der Waals surface area contributed by atoms with Gasteiger partial charge in [-0.1, -0.05) is 60.1 Å². The number of rotatable bonds is 9. The average Bonchev–Trinajstić information content (AvgIpc) is 2.90. The minimum atomic E-state index is -1.06. The Morgan fingerprint density at radius 3 is 2.16 bits per heavy atom. The molecule has 0 saturated heterocycles. The molecule has 4 aromatic rings. The predicted octanol–water partition coefficient (Wildman–Crippen LogP) is 6.69. The van der Waals surface area contributed by atoms with E-state index in [4.69, 9.17) is 11.6 Å². The van der Waals surface area contributed by atoms with Gasteiger partial charge in [0.15, 0.2) is 0 Å². The molecule has 6 nitrogen and oxygen atoms in total. The second-order valence-electron chi connectivity index (χ2n) is 8.16. The maximum atomic E-state index is 13.3. The summed E-state index contributed by atoms with van der Waals surface area (Å²) in [4.78, 5) is 37.8. The fourth-order valence-electron chi connectivity index (χ4n) is 3.58. The molecule has 0 aromatic heterocycles. The van der Waals surface area contributed by atoms with Gasteiger partial charge in [0.2, 0.25) is 11.8 Å². The van der Waals surface area contributed by atoms with Gasteiger partial charge in [0.1, 0.15) is 5.25 Å². The van der Waals surface area contributed by atoms with E-state index in [9.17, 15) is 19.5 Å². The number of anilines is 2. The Balaban J connectivity index is 1.45. The fraction of sp³-hybridized carbons (Fsp3) is 0.0690. The maximum absolute atomic E-state index is 13.3. The molecule has 1 atom stereocenters. The van der Waals surface area contributed by atoms with Crippen LogP contribution < -0.4 is 10.6 Å². The van der Waals surface area contributed by atoms with Crippen molar-refractivity contribution in [3.63, 3.8) is 0 Å². The highest BCUT2D eigenvalue weighted by molar-refractivity contribution is 8.00. The summed E-state index contributed by atoms with van der Waals surface area (Å²) >= 11 is 7.25. The van der Waals surface area contributed by atoms with Gasteiger partial charge < -0.3 is 15.7 Å². The van der Waals surface area contributed by atoms with Crippen molar-refractivity contribution in [2.45, 2.75) is 16.6 Å². The standard InChI is InChI=1S/C29H23ClN2O4S/c30-22-11-9-19(10-12-22)17-26(33)31-23-13-15-25(16-14-23)37-27(20-5-2-1-3-6-20)28(34)32-24-8-4-7-21(18-24)29(35)36/h1-16,18,27H,17H2,(H,31,33)(H,32,34)(H,35,36). The van der Waals surface area contributed by atoms with E-state index in [0.717, 1.165) is 16.0 Å². The zero-order valence-corrected chi connectivity index (χ0v) is 21.1. The van der Waals surface area contributed by atoms with Crippen molar-refractivity contribution >= 4 is 52.5 Å². The summed E-state index contributed by atoms with van der Waals surface area (Å²) in [7, 11) is 0. The van der Waals surface area contributed by atoms with Crippen LogP contribution in [0.15, 0.2) is 108 Å². The summed E-state index contributed by atoms with van der Waals surface area (Å²) in [5.41, 5.74) is 2.81. The molecule has 2 amide bonds. The Kier molecular flexibility index (Phi) is 8.61. The number of hydrogen-bond donors (Lipinski definition) is 3. The van der Waals surface area contributed by atoms with Crippen LogP contribution in [0.4, 0.5) is 11.4 Å². The Morgan fingerprint density at radius 2 is 1.49 bits per heavy atom. The first-order valence-corrected chi connectivity index (χ1v) is 12.6. The summed E-state index contributed by atoms with van der Waals surface area (Å²) in [6, 6.07) is 29.9. The number of carboxylic acids is 1. The number of hydrogen-bond acceptors (Lipinski definition) is 4. The number of aromatic carboxylic acids is 1. The molecule has 8 heteroatoms. The number of benzene rings is 4. The topological polar surface area (TPSA) is 95.5 Å². The number of carbonyl (C=O) groups excluding carboxylic acids is 2. The Morgan fingerprint density at radius 1 is 0.784 bits per heavy atom. The van der Waals surface area contributed by atoms with Gasteiger partial charge in [-0.2, -0.15) is 0 Å². The number of halogens is 1. The van der Waals surface area contributed by atoms with Crippen LogP contribution in [-0.2, 0) is 16.0 Å². The van der Waals surface area contributed by atoms with E-state index in [1.54, 1.807) is 36.4 Å². The minimum absolute atomic E-state index is 0.0930. The van der Waals surface area contributed by atoms with Gasteiger partial charge in [0, 0.05) is 21.3 Å². The molecule has 0 fully saturated rings. The molecule has 0 heterocycles. The Labute approximate surface area is 223 Å². The summed E-state index contributed by atoms with van der Waals surface area (Å²) in [5, 5.41) is 15.0. The maximum Gasteiger partial charge on any atom is 0.335 e. The monoisotopic (exact) mass is 530 g/mol. The zero-order valence-electron chi connectivity index (χ0n) is 19.6. The quantitative estimate of drug-likeness (QED) is 0.209. The van der Waals surface area contributed by atoms with Gasteiger partial charge in [-0.05, 0) is 65.7 Å². The molecule has 4 rings (SSSR count). The highest BCUT2D eigenvalue weighted by Gasteiger charge is 2.22. The van der Waals surface area contributed by atoms with Gasteiger partial charge >= 0.3 is 5.97 Å². The largest absolute Gasteiger partial charge is 0.478 e. The van der Waals surface area contributed by atoms with Gasteiger partial charge in [0.25, 0.3) is 0 Å². The molecule has 0 aliphatic carbocycles. The van der Waals surface area contributed by atoms with E-state index in [1.807, 2.05) is 54.6 Å². The SMILES string of the molecule is O=C(Cc1ccc(Cl)cc1)Nc1ccc(SC(C(=O)Nc2cccc(C(=O)O)c2)c2ccccc2)cc1. The first-order valence-electron chi connectivity index (χ1n) is 11.4. The lowest BCUT2D eigenvalue weighted by molar-refractivity contribution is -0.116. The molecule has 0 aliphatic heterocycles. The third-order valence-corrected chi connectivity index (χ3v) is 6.91. The van der Waals surface area contributed by atoms with Crippen LogP contribution in [0.25, 0.3) is 0 Å². The molecule has 3 N–H and O–H groups in total. The van der Waals surface area contributed by atoms with Crippen molar-refractivity contribution < 1.29 is 19.5 Å². The van der Waals surface area contributed by atoms with Crippen molar-refractivity contribution in [3.05, 3.63) is 125 Å². The smallest absolute Gasteiger partial charge is 0.335 e. The van der Waals surface area contributed by atoms with Crippen molar-refractivity contribution in [3.8, 4) is 0 Å². The molecule has 0 saturated carbocycles. The molecule has 1 unspecified atom stereocenters.